The van der Waals surface area contributed by atoms with Crippen LogP contribution >= 0.6 is 11.3 Å². The molecule has 1 heterocycles. The summed E-state index contributed by atoms with van der Waals surface area (Å²) in [4.78, 5) is 5.99. The van der Waals surface area contributed by atoms with Gasteiger partial charge in [-0.25, -0.2) is 4.98 Å². The quantitative estimate of drug-likeness (QED) is 0.468. The number of hydrogen-bond donors (Lipinski definition) is 0. The average Bonchev–Trinajstić information content (AvgIpc) is 2.79. The molecule has 0 aliphatic heterocycles. The van der Waals surface area contributed by atoms with Gasteiger partial charge in [0.05, 0.1) is 11.2 Å². The van der Waals surface area contributed by atoms with Gasteiger partial charge in [-0.15, -0.1) is 11.3 Å². The summed E-state index contributed by atoms with van der Waals surface area (Å²) in [6, 6.07) is 0. The molecule has 18 heavy (non-hydrogen) atoms. The second kappa shape index (κ2) is 9.55. The maximum absolute atomic E-state index is 4.43. The zero-order chi connectivity index (χ0) is 13.2. The van der Waals surface area contributed by atoms with E-state index in [4.69, 9.17) is 0 Å². The van der Waals surface area contributed by atoms with Crippen LogP contribution in [0.25, 0.3) is 0 Å². The molecule has 0 aromatic carbocycles. The highest BCUT2D eigenvalue weighted by atomic mass is 32.1. The van der Waals surface area contributed by atoms with E-state index in [9.17, 15) is 0 Å². The highest BCUT2D eigenvalue weighted by Crippen LogP contribution is 2.32. The first kappa shape index (κ1) is 15.7. The van der Waals surface area contributed by atoms with Gasteiger partial charge in [0.25, 0.3) is 0 Å². The molecule has 1 aromatic heterocycles. The van der Waals surface area contributed by atoms with Crippen molar-refractivity contribution in [3.8, 4) is 0 Å². The molecule has 0 spiro atoms. The Bertz CT molecular complexity index is 306. The standard InChI is InChI=1S/C16H29NS/c1-4-6-8-10-12-15(11-9-7-5-2)16-14(3)17-13-18-16/h13,15H,4-12H2,1-3H3. The molecule has 0 aliphatic carbocycles. The Morgan fingerprint density at radius 3 is 2.17 bits per heavy atom. The molecule has 0 saturated heterocycles. The first-order valence-corrected chi connectivity index (χ1v) is 8.57. The Hall–Kier alpha value is -0.370. The first-order valence-electron chi connectivity index (χ1n) is 7.69. The topological polar surface area (TPSA) is 12.9 Å². The second-order valence-corrected chi connectivity index (χ2v) is 6.23. The Morgan fingerprint density at radius 1 is 1.00 bits per heavy atom. The van der Waals surface area contributed by atoms with Crippen LogP contribution in [-0.4, -0.2) is 4.98 Å². The first-order chi connectivity index (χ1) is 8.79. The third kappa shape index (κ3) is 5.51. The second-order valence-electron chi connectivity index (χ2n) is 5.34. The van der Waals surface area contributed by atoms with Crippen molar-refractivity contribution in [2.75, 3.05) is 0 Å². The van der Waals surface area contributed by atoms with Crippen molar-refractivity contribution < 1.29 is 0 Å². The van der Waals surface area contributed by atoms with E-state index < -0.39 is 0 Å². The Balaban J connectivity index is 2.44. The fourth-order valence-electron chi connectivity index (χ4n) is 2.57. The van der Waals surface area contributed by atoms with E-state index in [0.29, 0.717) is 0 Å². The van der Waals surface area contributed by atoms with Gasteiger partial charge in [0.2, 0.25) is 0 Å². The van der Waals surface area contributed by atoms with Gasteiger partial charge >= 0.3 is 0 Å². The van der Waals surface area contributed by atoms with E-state index in [0.717, 1.165) is 5.92 Å². The van der Waals surface area contributed by atoms with Gasteiger partial charge in [-0.1, -0.05) is 58.8 Å². The molecule has 1 unspecified atom stereocenters. The van der Waals surface area contributed by atoms with Crippen LogP contribution in [0.2, 0.25) is 0 Å². The highest BCUT2D eigenvalue weighted by molar-refractivity contribution is 7.09. The summed E-state index contributed by atoms with van der Waals surface area (Å²) in [5, 5.41) is 0. The van der Waals surface area contributed by atoms with Gasteiger partial charge in [0, 0.05) is 4.88 Å². The van der Waals surface area contributed by atoms with Gasteiger partial charge in [0.15, 0.2) is 0 Å². The minimum atomic E-state index is 0.779. The van der Waals surface area contributed by atoms with Crippen LogP contribution in [0.1, 0.15) is 88.1 Å². The van der Waals surface area contributed by atoms with Crippen molar-refractivity contribution in [3.05, 3.63) is 16.1 Å². The van der Waals surface area contributed by atoms with Crippen molar-refractivity contribution in [1.82, 2.24) is 4.98 Å². The Labute approximate surface area is 117 Å². The van der Waals surface area contributed by atoms with Gasteiger partial charge in [-0.2, -0.15) is 0 Å². The van der Waals surface area contributed by atoms with Gasteiger partial charge in [-0.05, 0) is 25.7 Å². The largest absolute Gasteiger partial charge is 0.250 e. The van der Waals surface area contributed by atoms with Crippen molar-refractivity contribution in [2.24, 2.45) is 0 Å². The van der Waals surface area contributed by atoms with Crippen LogP contribution in [0.5, 0.6) is 0 Å². The molecule has 0 N–H and O–H groups in total. The molecule has 2 heteroatoms. The Kier molecular flexibility index (Phi) is 8.32. The van der Waals surface area contributed by atoms with Gasteiger partial charge in [0.1, 0.15) is 0 Å². The zero-order valence-electron chi connectivity index (χ0n) is 12.4. The van der Waals surface area contributed by atoms with Crippen LogP contribution in [0, 0.1) is 6.92 Å². The zero-order valence-corrected chi connectivity index (χ0v) is 13.2. The predicted octanol–water partition coefficient (Wildman–Crippen LogP) is 6.09. The molecule has 0 radical (unpaired) electrons. The van der Waals surface area contributed by atoms with Crippen LogP contribution in [0.4, 0.5) is 0 Å². The van der Waals surface area contributed by atoms with Crippen molar-refractivity contribution in [3.63, 3.8) is 0 Å². The van der Waals surface area contributed by atoms with Gasteiger partial charge < -0.3 is 0 Å². The van der Waals surface area contributed by atoms with E-state index >= 15 is 0 Å². The summed E-state index contributed by atoms with van der Waals surface area (Å²) in [6.45, 7) is 6.74. The lowest BCUT2D eigenvalue weighted by atomic mass is 9.92. The highest BCUT2D eigenvalue weighted by Gasteiger charge is 2.15. The third-order valence-electron chi connectivity index (χ3n) is 3.72. The van der Waals surface area contributed by atoms with Crippen LogP contribution in [0.3, 0.4) is 0 Å². The molecule has 0 aliphatic rings. The lowest BCUT2D eigenvalue weighted by molar-refractivity contribution is 0.504. The maximum Gasteiger partial charge on any atom is 0.0797 e. The minimum Gasteiger partial charge on any atom is -0.250 e. The molecule has 0 amide bonds. The van der Waals surface area contributed by atoms with Crippen molar-refractivity contribution in [2.45, 2.75) is 84.5 Å². The summed E-state index contributed by atoms with van der Waals surface area (Å²) >= 11 is 1.87. The minimum absolute atomic E-state index is 0.779. The van der Waals surface area contributed by atoms with Crippen LogP contribution in [0.15, 0.2) is 5.51 Å². The number of hydrogen-bond acceptors (Lipinski definition) is 2. The number of thiazole rings is 1. The lowest BCUT2D eigenvalue weighted by Crippen LogP contribution is -1.99. The molecule has 0 fully saturated rings. The maximum atomic E-state index is 4.43. The van der Waals surface area contributed by atoms with E-state index in [1.54, 1.807) is 4.88 Å². The average molecular weight is 267 g/mol. The normalized spacial score (nSPS) is 12.8. The molecular weight excluding hydrogens is 238 g/mol. The van der Waals surface area contributed by atoms with E-state index in [1.807, 2.05) is 16.8 Å². The fraction of sp³-hybridized carbons (Fsp3) is 0.812. The molecule has 1 atom stereocenters. The smallest absolute Gasteiger partial charge is 0.0797 e. The summed E-state index contributed by atoms with van der Waals surface area (Å²) in [5.41, 5.74) is 3.29. The van der Waals surface area contributed by atoms with Crippen molar-refractivity contribution >= 4 is 11.3 Å². The molecule has 0 bridgehead atoms. The van der Waals surface area contributed by atoms with Gasteiger partial charge in [-0.3, -0.25) is 0 Å². The fourth-order valence-corrected chi connectivity index (χ4v) is 3.54. The van der Waals surface area contributed by atoms with E-state index in [-0.39, 0.29) is 0 Å². The van der Waals surface area contributed by atoms with E-state index in [1.165, 1.54) is 63.5 Å². The molecule has 0 saturated carbocycles. The molecule has 104 valence electrons. The SMILES string of the molecule is CCCCCCC(CCCCC)c1scnc1C. The number of unbranched alkanes of at least 4 members (excludes halogenated alkanes) is 5. The van der Waals surface area contributed by atoms with Crippen molar-refractivity contribution in [1.29, 1.82) is 0 Å². The number of rotatable bonds is 10. The Morgan fingerprint density at radius 2 is 1.61 bits per heavy atom. The van der Waals surface area contributed by atoms with Crippen LogP contribution in [-0.2, 0) is 0 Å². The summed E-state index contributed by atoms with van der Waals surface area (Å²) in [6.07, 6.45) is 12.3. The van der Waals surface area contributed by atoms with E-state index in [2.05, 4.69) is 25.8 Å². The number of aryl methyl sites for hydroxylation is 1. The molecule has 1 aromatic rings. The third-order valence-corrected chi connectivity index (χ3v) is 4.81. The lowest BCUT2D eigenvalue weighted by Gasteiger charge is -2.16. The predicted molar refractivity (Wildman–Crippen MR) is 82.5 cm³/mol. The molecular formula is C16H29NS. The van der Waals surface area contributed by atoms with Crippen LogP contribution < -0.4 is 0 Å². The summed E-state index contributed by atoms with van der Waals surface area (Å²) in [7, 11) is 0. The molecule has 1 rings (SSSR count). The number of nitrogens with zero attached hydrogens (tertiary/aromatic N) is 1. The molecule has 1 nitrogen and oxygen atoms in total. The number of aromatic nitrogens is 1. The summed E-state index contributed by atoms with van der Waals surface area (Å²) < 4.78 is 0. The monoisotopic (exact) mass is 267 g/mol. The summed E-state index contributed by atoms with van der Waals surface area (Å²) in [5.74, 6) is 0.779.